The summed E-state index contributed by atoms with van der Waals surface area (Å²) in [5, 5.41) is 12.1. The van der Waals surface area contributed by atoms with Crippen molar-refractivity contribution < 1.29 is 23.7 Å². The number of ether oxygens (including phenoxy) is 4. The average Bonchev–Trinajstić information content (AvgIpc) is 3.17. The topological polar surface area (TPSA) is 89.8 Å². The Morgan fingerprint density at radius 1 is 1.32 bits per heavy atom. The van der Waals surface area contributed by atoms with Crippen molar-refractivity contribution in [1.82, 2.24) is 5.32 Å². The van der Waals surface area contributed by atoms with E-state index < -0.39 is 5.91 Å². The molecule has 1 aliphatic heterocycles. The zero-order valence-corrected chi connectivity index (χ0v) is 14.6. The highest BCUT2D eigenvalue weighted by Gasteiger charge is 2.19. The number of benzene rings is 1. The molecule has 0 radical (unpaired) electrons. The molecule has 1 N–H and O–H groups in total. The number of carbonyl (C=O) groups excluding carboxylic acids is 1. The summed E-state index contributed by atoms with van der Waals surface area (Å²) in [6.07, 6.45) is 3.35. The Hall–Kier alpha value is -2.72. The lowest BCUT2D eigenvalue weighted by Crippen LogP contribution is -2.32. The third kappa shape index (κ3) is 4.64. The fraction of sp³-hybridized carbons (Fsp3) is 0.444. The fourth-order valence-corrected chi connectivity index (χ4v) is 2.57. The molecule has 0 aliphatic carbocycles. The molecule has 134 valence electrons. The van der Waals surface area contributed by atoms with Crippen LogP contribution in [0.1, 0.15) is 18.4 Å². The zero-order valence-electron chi connectivity index (χ0n) is 14.6. The smallest absolute Gasteiger partial charge is 0.262 e. The first-order valence-electron chi connectivity index (χ1n) is 7.94. The van der Waals surface area contributed by atoms with Crippen LogP contribution < -0.4 is 19.5 Å². The van der Waals surface area contributed by atoms with Crippen LogP contribution in [0.25, 0.3) is 6.08 Å². The van der Waals surface area contributed by atoms with Gasteiger partial charge >= 0.3 is 0 Å². The average molecular weight is 346 g/mol. The quantitative estimate of drug-likeness (QED) is 0.599. The van der Waals surface area contributed by atoms with Gasteiger partial charge < -0.3 is 24.3 Å². The maximum absolute atomic E-state index is 12.3. The number of carbonyl (C=O) groups is 1. The van der Waals surface area contributed by atoms with Gasteiger partial charge in [-0.1, -0.05) is 0 Å². The molecule has 0 aromatic heterocycles. The number of nitriles is 1. The number of methoxy groups -OCH3 is 3. The van der Waals surface area contributed by atoms with Crippen LogP contribution in [-0.4, -0.2) is 46.5 Å². The lowest BCUT2D eigenvalue weighted by Gasteiger charge is -2.13. The van der Waals surface area contributed by atoms with Crippen molar-refractivity contribution in [2.24, 2.45) is 0 Å². The minimum atomic E-state index is -0.460. The van der Waals surface area contributed by atoms with Crippen LogP contribution in [0.15, 0.2) is 17.7 Å². The van der Waals surface area contributed by atoms with Crippen LogP contribution in [0, 0.1) is 11.3 Å². The minimum absolute atomic E-state index is 0.00829. The maximum atomic E-state index is 12.3. The highest BCUT2D eigenvalue weighted by molar-refractivity contribution is 6.02. The Bertz CT molecular complexity index is 662. The molecule has 7 heteroatoms. The molecule has 0 saturated carbocycles. The summed E-state index contributed by atoms with van der Waals surface area (Å²) in [5.41, 5.74) is 0.453. The van der Waals surface area contributed by atoms with E-state index in [9.17, 15) is 10.1 Å². The second kappa shape index (κ2) is 8.94. The number of amides is 1. The molecule has 1 atom stereocenters. The van der Waals surface area contributed by atoms with Crippen LogP contribution >= 0.6 is 0 Å². The fourth-order valence-electron chi connectivity index (χ4n) is 2.57. The van der Waals surface area contributed by atoms with Gasteiger partial charge in [-0.05, 0) is 18.9 Å². The zero-order chi connectivity index (χ0) is 18.2. The lowest BCUT2D eigenvalue weighted by molar-refractivity contribution is -0.117. The molecule has 1 heterocycles. The predicted molar refractivity (Wildman–Crippen MR) is 91.7 cm³/mol. The number of hydrogen-bond donors (Lipinski definition) is 1. The molecule has 25 heavy (non-hydrogen) atoms. The third-order valence-corrected chi connectivity index (χ3v) is 3.92. The van der Waals surface area contributed by atoms with Crippen molar-refractivity contribution in [3.8, 4) is 23.3 Å². The van der Waals surface area contributed by atoms with E-state index in [1.54, 1.807) is 12.1 Å². The van der Waals surface area contributed by atoms with Crippen molar-refractivity contribution in [2.45, 2.75) is 18.9 Å². The molecular weight excluding hydrogens is 324 g/mol. The standard InChI is InChI=1S/C18H22N2O5/c1-22-14-8-16(23-2)15(17(9-14)24-3)7-12(10-19)18(21)20-11-13-5-4-6-25-13/h7-9,13H,4-6,11H2,1-3H3,(H,20,21)/b12-7+/t13-/m1/s1. The van der Waals surface area contributed by atoms with Crippen LogP contribution in [0.2, 0.25) is 0 Å². The Morgan fingerprint density at radius 2 is 2.00 bits per heavy atom. The third-order valence-electron chi connectivity index (χ3n) is 3.92. The molecule has 1 fully saturated rings. The molecule has 1 aliphatic rings. The summed E-state index contributed by atoms with van der Waals surface area (Å²) in [5.74, 6) is 0.969. The van der Waals surface area contributed by atoms with Gasteiger partial charge in [-0.3, -0.25) is 4.79 Å². The van der Waals surface area contributed by atoms with Crippen molar-refractivity contribution >= 4 is 12.0 Å². The minimum Gasteiger partial charge on any atom is -0.496 e. The molecule has 7 nitrogen and oxygen atoms in total. The van der Waals surface area contributed by atoms with Gasteiger partial charge in [0.2, 0.25) is 0 Å². The van der Waals surface area contributed by atoms with Crippen LogP contribution in [0.3, 0.4) is 0 Å². The number of nitrogens with zero attached hydrogens (tertiary/aromatic N) is 1. The van der Waals surface area contributed by atoms with Crippen LogP contribution in [0.4, 0.5) is 0 Å². The van der Waals surface area contributed by atoms with E-state index in [2.05, 4.69) is 5.32 Å². The summed E-state index contributed by atoms with van der Waals surface area (Å²) in [7, 11) is 4.52. The van der Waals surface area contributed by atoms with Crippen molar-refractivity contribution in [2.75, 3.05) is 34.5 Å². The van der Waals surface area contributed by atoms with Crippen LogP contribution in [-0.2, 0) is 9.53 Å². The predicted octanol–water partition coefficient (Wildman–Crippen LogP) is 1.91. The highest BCUT2D eigenvalue weighted by Crippen LogP contribution is 2.35. The van der Waals surface area contributed by atoms with E-state index in [1.807, 2.05) is 6.07 Å². The van der Waals surface area contributed by atoms with E-state index in [-0.39, 0.29) is 11.7 Å². The first-order valence-corrected chi connectivity index (χ1v) is 7.94. The summed E-state index contributed by atoms with van der Waals surface area (Å²) in [6.45, 7) is 1.09. The molecule has 0 spiro atoms. The van der Waals surface area contributed by atoms with Gasteiger partial charge in [0.05, 0.1) is 33.0 Å². The molecule has 2 rings (SSSR count). The summed E-state index contributed by atoms with van der Waals surface area (Å²) in [4.78, 5) is 12.3. The Morgan fingerprint density at radius 3 is 2.48 bits per heavy atom. The van der Waals surface area contributed by atoms with Gasteiger partial charge in [-0.25, -0.2) is 0 Å². The molecule has 1 saturated heterocycles. The Balaban J connectivity index is 2.25. The Kier molecular flexibility index (Phi) is 6.66. The van der Waals surface area contributed by atoms with Crippen LogP contribution in [0.5, 0.6) is 17.2 Å². The number of rotatable bonds is 7. The second-order valence-electron chi connectivity index (χ2n) is 5.46. The largest absolute Gasteiger partial charge is 0.496 e. The van der Waals surface area contributed by atoms with Crippen molar-refractivity contribution in [1.29, 1.82) is 5.26 Å². The molecule has 1 amide bonds. The first kappa shape index (κ1) is 18.6. The van der Waals surface area contributed by atoms with Gasteiger partial charge in [-0.2, -0.15) is 5.26 Å². The normalized spacial score (nSPS) is 16.9. The highest BCUT2D eigenvalue weighted by atomic mass is 16.5. The molecule has 1 aromatic rings. The van der Waals surface area contributed by atoms with Gasteiger partial charge in [0.25, 0.3) is 5.91 Å². The molecule has 0 unspecified atom stereocenters. The van der Waals surface area contributed by atoms with E-state index in [0.29, 0.717) is 36.0 Å². The first-order chi connectivity index (χ1) is 12.1. The maximum Gasteiger partial charge on any atom is 0.262 e. The lowest BCUT2D eigenvalue weighted by atomic mass is 10.1. The van der Waals surface area contributed by atoms with Crippen molar-refractivity contribution in [3.05, 3.63) is 23.3 Å². The monoisotopic (exact) mass is 346 g/mol. The van der Waals surface area contributed by atoms with Gasteiger partial charge in [0.1, 0.15) is 28.9 Å². The van der Waals surface area contributed by atoms with Gasteiger partial charge in [0, 0.05) is 25.3 Å². The summed E-state index contributed by atoms with van der Waals surface area (Å²) >= 11 is 0. The van der Waals surface area contributed by atoms with E-state index in [1.165, 1.54) is 27.4 Å². The van der Waals surface area contributed by atoms with E-state index >= 15 is 0 Å². The summed E-state index contributed by atoms with van der Waals surface area (Å²) in [6, 6.07) is 5.24. The Labute approximate surface area is 147 Å². The number of hydrogen-bond acceptors (Lipinski definition) is 6. The second-order valence-corrected chi connectivity index (χ2v) is 5.46. The molecular formula is C18H22N2O5. The molecule has 1 aromatic carbocycles. The van der Waals surface area contributed by atoms with Crippen molar-refractivity contribution in [3.63, 3.8) is 0 Å². The number of nitrogens with one attached hydrogen (secondary N) is 1. The SMILES string of the molecule is COc1cc(OC)c(/C=C(\C#N)C(=O)NC[C@H]2CCCO2)c(OC)c1. The van der Waals surface area contributed by atoms with Gasteiger partial charge in [-0.15, -0.1) is 0 Å². The van der Waals surface area contributed by atoms with E-state index in [0.717, 1.165) is 12.8 Å². The molecule has 0 bridgehead atoms. The summed E-state index contributed by atoms with van der Waals surface area (Å²) < 4.78 is 21.3. The van der Waals surface area contributed by atoms with E-state index in [4.69, 9.17) is 18.9 Å². The van der Waals surface area contributed by atoms with Gasteiger partial charge in [0.15, 0.2) is 0 Å².